The van der Waals surface area contributed by atoms with Crippen LogP contribution in [0.25, 0.3) is 10.9 Å². The molecule has 2 unspecified atom stereocenters. The topological polar surface area (TPSA) is 57.2 Å². The smallest absolute Gasteiger partial charge is 0.0716 e. The fraction of sp³-hybridized carbons (Fsp3) is 0.400. The second kappa shape index (κ2) is 5.65. The van der Waals surface area contributed by atoms with E-state index in [1.165, 1.54) is 10.9 Å². The maximum absolute atomic E-state index is 9.72. The van der Waals surface area contributed by atoms with Gasteiger partial charge in [-0.15, -0.1) is 0 Å². The summed E-state index contributed by atoms with van der Waals surface area (Å²) in [6, 6.07) is 10.4. The Labute approximate surface area is 112 Å². The number of nitrogens with one attached hydrogen (secondary N) is 2. The van der Waals surface area contributed by atoms with Crippen molar-refractivity contribution in [3.05, 3.63) is 42.1 Å². The van der Waals surface area contributed by atoms with Gasteiger partial charge in [0.2, 0.25) is 0 Å². The molecule has 1 fully saturated rings. The molecule has 4 heteroatoms. The number of aromatic nitrogens is 1. The van der Waals surface area contributed by atoms with Crippen molar-refractivity contribution < 1.29 is 5.11 Å². The third-order valence-electron chi connectivity index (χ3n) is 3.71. The van der Waals surface area contributed by atoms with Crippen LogP contribution in [0.4, 0.5) is 0 Å². The van der Waals surface area contributed by atoms with Crippen LogP contribution in [-0.2, 0) is 6.54 Å². The summed E-state index contributed by atoms with van der Waals surface area (Å²) in [4.78, 5) is 4.31. The first kappa shape index (κ1) is 12.5. The first-order valence-electron chi connectivity index (χ1n) is 6.76. The number of aliphatic hydroxyl groups excluding tert-OH is 1. The highest BCUT2D eigenvalue weighted by Crippen LogP contribution is 2.13. The number of hydrogen-bond donors (Lipinski definition) is 3. The number of β-amino-alcohol motifs (C(OH)–C–C–N with tert-alkyl or cyclic N) is 1. The number of nitrogens with zero attached hydrogens (tertiary/aromatic N) is 1. The number of fused-ring (bicyclic) bond motifs is 1. The van der Waals surface area contributed by atoms with Crippen LogP contribution in [0.1, 0.15) is 5.56 Å². The number of aliphatic hydroxyl groups is 1. The van der Waals surface area contributed by atoms with Gasteiger partial charge in [0.25, 0.3) is 0 Å². The minimum absolute atomic E-state index is 0.215. The molecule has 3 rings (SSSR count). The van der Waals surface area contributed by atoms with Crippen molar-refractivity contribution in [1.29, 1.82) is 0 Å². The second-order valence-electron chi connectivity index (χ2n) is 5.15. The summed E-state index contributed by atoms with van der Waals surface area (Å²) in [5.74, 6) is 0.321. The molecule has 0 spiro atoms. The molecule has 0 bridgehead atoms. The number of rotatable bonds is 4. The summed E-state index contributed by atoms with van der Waals surface area (Å²) >= 11 is 0. The lowest BCUT2D eigenvalue weighted by molar-refractivity contribution is 0.146. The van der Waals surface area contributed by atoms with Crippen LogP contribution >= 0.6 is 0 Å². The Hall–Kier alpha value is -1.49. The van der Waals surface area contributed by atoms with Gasteiger partial charge >= 0.3 is 0 Å². The monoisotopic (exact) mass is 257 g/mol. The molecule has 2 atom stereocenters. The highest BCUT2D eigenvalue weighted by molar-refractivity contribution is 5.78. The molecule has 1 aromatic carbocycles. The summed E-state index contributed by atoms with van der Waals surface area (Å²) in [6.07, 6.45) is 1.60. The zero-order chi connectivity index (χ0) is 13.1. The Bertz CT molecular complexity index is 558. The standard InChI is InChI=1S/C15H19N3O/c19-15-10-17-9-13(15)8-16-7-11-3-4-14-12(6-11)2-1-5-18-14/h1-6,13,15-17,19H,7-10H2. The lowest BCUT2D eigenvalue weighted by Crippen LogP contribution is -2.30. The van der Waals surface area contributed by atoms with E-state index in [4.69, 9.17) is 0 Å². The summed E-state index contributed by atoms with van der Waals surface area (Å²) in [7, 11) is 0. The normalized spacial score (nSPS) is 23.0. The minimum atomic E-state index is -0.215. The molecule has 2 aromatic rings. The zero-order valence-electron chi connectivity index (χ0n) is 10.8. The molecule has 0 aliphatic carbocycles. The van der Waals surface area contributed by atoms with E-state index in [0.29, 0.717) is 12.5 Å². The maximum atomic E-state index is 9.72. The van der Waals surface area contributed by atoms with Gasteiger partial charge in [-0.25, -0.2) is 0 Å². The third kappa shape index (κ3) is 2.92. The fourth-order valence-corrected chi connectivity index (χ4v) is 2.56. The van der Waals surface area contributed by atoms with Gasteiger partial charge in [-0.3, -0.25) is 4.98 Å². The van der Waals surface area contributed by atoms with Crippen molar-refractivity contribution >= 4 is 10.9 Å². The summed E-state index contributed by atoms with van der Waals surface area (Å²) < 4.78 is 0. The average molecular weight is 257 g/mol. The van der Waals surface area contributed by atoms with Crippen LogP contribution in [0.3, 0.4) is 0 Å². The number of pyridine rings is 1. The minimum Gasteiger partial charge on any atom is -0.391 e. The molecule has 0 saturated carbocycles. The highest BCUT2D eigenvalue weighted by Gasteiger charge is 2.23. The van der Waals surface area contributed by atoms with Crippen molar-refractivity contribution in [3.63, 3.8) is 0 Å². The molecule has 1 aromatic heterocycles. The maximum Gasteiger partial charge on any atom is 0.0716 e. The Morgan fingerprint density at radius 3 is 3.11 bits per heavy atom. The lowest BCUT2D eigenvalue weighted by Gasteiger charge is -2.14. The van der Waals surface area contributed by atoms with E-state index in [1.807, 2.05) is 12.3 Å². The van der Waals surface area contributed by atoms with Crippen molar-refractivity contribution in [3.8, 4) is 0 Å². The van der Waals surface area contributed by atoms with Gasteiger partial charge < -0.3 is 15.7 Å². The molecular weight excluding hydrogens is 238 g/mol. The van der Waals surface area contributed by atoms with Gasteiger partial charge in [-0.2, -0.15) is 0 Å². The molecule has 3 N–H and O–H groups in total. The van der Waals surface area contributed by atoms with Gasteiger partial charge in [-0.1, -0.05) is 12.1 Å². The molecule has 4 nitrogen and oxygen atoms in total. The van der Waals surface area contributed by atoms with Crippen LogP contribution in [0.5, 0.6) is 0 Å². The van der Waals surface area contributed by atoms with E-state index in [-0.39, 0.29) is 6.10 Å². The molecule has 0 amide bonds. The first-order chi connectivity index (χ1) is 9.33. The quantitative estimate of drug-likeness (QED) is 0.762. The number of benzene rings is 1. The summed E-state index contributed by atoms with van der Waals surface area (Å²) in [5.41, 5.74) is 2.28. The van der Waals surface area contributed by atoms with Crippen molar-refractivity contribution in [2.75, 3.05) is 19.6 Å². The molecule has 0 radical (unpaired) electrons. The SMILES string of the molecule is OC1CNCC1CNCc1ccc2ncccc2c1. The van der Waals surface area contributed by atoms with E-state index < -0.39 is 0 Å². The van der Waals surface area contributed by atoms with Gasteiger partial charge in [0.15, 0.2) is 0 Å². The van der Waals surface area contributed by atoms with Crippen LogP contribution < -0.4 is 10.6 Å². The van der Waals surface area contributed by atoms with E-state index in [9.17, 15) is 5.11 Å². The molecule has 19 heavy (non-hydrogen) atoms. The molecule has 1 aliphatic rings. The Kier molecular flexibility index (Phi) is 3.73. The molecule has 1 aliphatic heterocycles. The van der Waals surface area contributed by atoms with Crippen LogP contribution in [-0.4, -0.2) is 35.8 Å². The average Bonchev–Trinajstić information content (AvgIpc) is 2.84. The Morgan fingerprint density at radius 1 is 1.32 bits per heavy atom. The molecular formula is C15H19N3O. The van der Waals surface area contributed by atoms with E-state index in [0.717, 1.165) is 25.2 Å². The predicted octanol–water partition coefficient (Wildman–Crippen LogP) is 0.905. The van der Waals surface area contributed by atoms with Crippen LogP contribution in [0.2, 0.25) is 0 Å². The van der Waals surface area contributed by atoms with Crippen molar-refractivity contribution in [2.24, 2.45) is 5.92 Å². The van der Waals surface area contributed by atoms with Gasteiger partial charge in [0.1, 0.15) is 0 Å². The lowest BCUT2D eigenvalue weighted by atomic mass is 10.1. The van der Waals surface area contributed by atoms with E-state index in [1.54, 1.807) is 0 Å². The van der Waals surface area contributed by atoms with Crippen molar-refractivity contribution in [1.82, 2.24) is 15.6 Å². The van der Waals surface area contributed by atoms with E-state index >= 15 is 0 Å². The summed E-state index contributed by atoms with van der Waals surface area (Å²) in [6.45, 7) is 3.29. The Morgan fingerprint density at radius 2 is 2.26 bits per heavy atom. The summed E-state index contributed by atoms with van der Waals surface area (Å²) in [5, 5.41) is 17.5. The number of hydrogen-bond acceptors (Lipinski definition) is 4. The van der Waals surface area contributed by atoms with E-state index in [2.05, 4.69) is 39.9 Å². The van der Waals surface area contributed by atoms with Crippen molar-refractivity contribution in [2.45, 2.75) is 12.6 Å². The largest absolute Gasteiger partial charge is 0.391 e. The third-order valence-corrected chi connectivity index (χ3v) is 3.71. The van der Waals surface area contributed by atoms with Crippen LogP contribution in [0.15, 0.2) is 36.5 Å². The Balaban J connectivity index is 1.59. The first-order valence-corrected chi connectivity index (χ1v) is 6.76. The molecule has 1 saturated heterocycles. The van der Waals surface area contributed by atoms with Gasteiger partial charge in [0.05, 0.1) is 11.6 Å². The second-order valence-corrected chi connectivity index (χ2v) is 5.15. The van der Waals surface area contributed by atoms with Gasteiger partial charge in [0, 0.05) is 43.7 Å². The zero-order valence-corrected chi connectivity index (χ0v) is 10.8. The predicted molar refractivity (Wildman–Crippen MR) is 75.8 cm³/mol. The van der Waals surface area contributed by atoms with Crippen LogP contribution in [0, 0.1) is 5.92 Å². The molecule has 100 valence electrons. The fourth-order valence-electron chi connectivity index (χ4n) is 2.56. The van der Waals surface area contributed by atoms with Gasteiger partial charge in [-0.05, 0) is 23.8 Å². The molecule has 2 heterocycles. The highest BCUT2D eigenvalue weighted by atomic mass is 16.3.